The number of hydrogen-bond donors (Lipinski definition) is 1. The fourth-order valence-corrected chi connectivity index (χ4v) is 3.42. The first-order valence-corrected chi connectivity index (χ1v) is 7.53. The Bertz CT molecular complexity index is 322. The molecule has 0 amide bonds. The van der Waals surface area contributed by atoms with Crippen molar-refractivity contribution >= 4 is 11.3 Å². The highest BCUT2D eigenvalue weighted by Gasteiger charge is 2.27. The average Bonchev–Trinajstić information content (AvgIpc) is 2.72. The van der Waals surface area contributed by atoms with Crippen LogP contribution in [0, 0.1) is 12.3 Å². The first-order chi connectivity index (χ1) is 8.15. The highest BCUT2D eigenvalue weighted by atomic mass is 32.1. The molecule has 1 N–H and O–H groups in total. The summed E-state index contributed by atoms with van der Waals surface area (Å²) in [5.74, 6) is 0. The Labute approximate surface area is 110 Å². The van der Waals surface area contributed by atoms with Crippen LogP contribution in [-0.2, 0) is 6.42 Å². The second kappa shape index (κ2) is 7.12. The number of nitrogens with one attached hydrogen (secondary N) is 1. The Morgan fingerprint density at radius 3 is 2.65 bits per heavy atom. The van der Waals surface area contributed by atoms with Gasteiger partial charge in [-0.1, -0.05) is 26.7 Å². The van der Waals surface area contributed by atoms with Gasteiger partial charge in [0.2, 0.25) is 0 Å². The van der Waals surface area contributed by atoms with Gasteiger partial charge in [0, 0.05) is 17.6 Å². The molecular weight excluding hydrogens is 228 g/mol. The van der Waals surface area contributed by atoms with Crippen LogP contribution in [0.2, 0.25) is 0 Å². The lowest BCUT2D eigenvalue weighted by Gasteiger charge is -2.32. The molecule has 2 nitrogen and oxygen atoms in total. The molecule has 0 radical (unpaired) electrons. The summed E-state index contributed by atoms with van der Waals surface area (Å²) >= 11 is 1.85. The lowest BCUT2D eigenvalue weighted by Crippen LogP contribution is -2.34. The summed E-state index contributed by atoms with van der Waals surface area (Å²) in [5, 5.41) is 4.56. The molecule has 3 heteroatoms. The molecular formula is C14H26N2S. The van der Waals surface area contributed by atoms with Gasteiger partial charge in [-0.25, -0.2) is 4.98 Å². The standard InChI is InChI=1S/C14H26N2S/c1-5-7-8-14(6-2,11-15-4)9-13-10-16-12(3)17-13/h10,15H,5-9,11H2,1-4H3. The fraction of sp³-hybridized carbons (Fsp3) is 0.786. The van der Waals surface area contributed by atoms with Crippen LogP contribution in [0.3, 0.4) is 0 Å². The van der Waals surface area contributed by atoms with Crippen LogP contribution in [0.4, 0.5) is 0 Å². The molecule has 0 spiro atoms. The molecule has 0 aliphatic heterocycles. The molecule has 1 atom stereocenters. The third kappa shape index (κ3) is 4.40. The average molecular weight is 254 g/mol. The van der Waals surface area contributed by atoms with Gasteiger partial charge in [0.25, 0.3) is 0 Å². The zero-order valence-corrected chi connectivity index (χ0v) is 12.5. The number of nitrogens with zero attached hydrogens (tertiary/aromatic N) is 1. The molecule has 0 aromatic carbocycles. The Balaban J connectivity index is 2.73. The maximum atomic E-state index is 4.37. The van der Waals surface area contributed by atoms with Gasteiger partial charge >= 0.3 is 0 Å². The van der Waals surface area contributed by atoms with Crippen LogP contribution in [-0.4, -0.2) is 18.6 Å². The maximum absolute atomic E-state index is 4.37. The Morgan fingerprint density at radius 2 is 2.18 bits per heavy atom. The van der Waals surface area contributed by atoms with E-state index in [0.29, 0.717) is 5.41 Å². The molecule has 1 rings (SSSR count). The van der Waals surface area contributed by atoms with Crippen molar-refractivity contribution in [1.29, 1.82) is 0 Å². The molecule has 1 aromatic rings. The van der Waals surface area contributed by atoms with Crippen LogP contribution in [0.25, 0.3) is 0 Å². The number of aryl methyl sites for hydroxylation is 1. The molecule has 1 unspecified atom stereocenters. The van der Waals surface area contributed by atoms with Crippen LogP contribution < -0.4 is 5.32 Å². The first-order valence-electron chi connectivity index (χ1n) is 6.71. The lowest BCUT2D eigenvalue weighted by molar-refractivity contribution is 0.236. The topological polar surface area (TPSA) is 24.9 Å². The highest BCUT2D eigenvalue weighted by molar-refractivity contribution is 7.11. The first kappa shape index (κ1) is 14.7. The summed E-state index contributed by atoms with van der Waals surface area (Å²) in [6.07, 6.45) is 8.41. The van der Waals surface area contributed by atoms with Crippen LogP contribution in [0.1, 0.15) is 49.4 Å². The Kier molecular flexibility index (Phi) is 6.14. The highest BCUT2D eigenvalue weighted by Crippen LogP contribution is 2.34. The number of unbranched alkanes of at least 4 members (excludes halogenated alkanes) is 1. The number of rotatable bonds is 8. The van der Waals surface area contributed by atoms with E-state index in [1.807, 2.05) is 11.3 Å². The van der Waals surface area contributed by atoms with E-state index >= 15 is 0 Å². The molecule has 98 valence electrons. The van der Waals surface area contributed by atoms with Crippen molar-refractivity contribution in [2.45, 2.75) is 52.9 Å². The van der Waals surface area contributed by atoms with E-state index in [-0.39, 0.29) is 0 Å². The minimum absolute atomic E-state index is 0.420. The smallest absolute Gasteiger partial charge is 0.0896 e. The molecule has 1 heterocycles. The zero-order valence-electron chi connectivity index (χ0n) is 11.7. The van der Waals surface area contributed by atoms with Crippen molar-refractivity contribution < 1.29 is 0 Å². The molecule has 17 heavy (non-hydrogen) atoms. The second-order valence-electron chi connectivity index (χ2n) is 5.01. The molecule has 0 fully saturated rings. The largest absolute Gasteiger partial charge is 0.319 e. The molecule has 0 bridgehead atoms. The van der Waals surface area contributed by atoms with Crippen LogP contribution in [0.15, 0.2) is 6.20 Å². The van der Waals surface area contributed by atoms with E-state index < -0.39 is 0 Å². The summed E-state index contributed by atoms with van der Waals surface area (Å²) in [6.45, 7) is 7.80. The molecule has 1 aromatic heterocycles. The zero-order chi connectivity index (χ0) is 12.7. The van der Waals surface area contributed by atoms with Crippen LogP contribution >= 0.6 is 11.3 Å². The van der Waals surface area contributed by atoms with Gasteiger partial charge in [-0.05, 0) is 38.6 Å². The summed E-state index contributed by atoms with van der Waals surface area (Å²) in [7, 11) is 2.06. The van der Waals surface area contributed by atoms with Gasteiger partial charge in [0.15, 0.2) is 0 Å². The van der Waals surface area contributed by atoms with E-state index in [4.69, 9.17) is 0 Å². The SMILES string of the molecule is CCCCC(CC)(CNC)Cc1cnc(C)s1. The van der Waals surface area contributed by atoms with Gasteiger partial charge in [-0.2, -0.15) is 0 Å². The monoisotopic (exact) mass is 254 g/mol. The van der Waals surface area contributed by atoms with Gasteiger partial charge in [-0.3, -0.25) is 0 Å². The van der Waals surface area contributed by atoms with Crippen molar-refractivity contribution in [3.63, 3.8) is 0 Å². The number of hydrogen-bond acceptors (Lipinski definition) is 3. The number of aromatic nitrogens is 1. The van der Waals surface area contributed by atoms with Crippen molar-refractivity contribution in [2.24, 2.45) is 5.41 Å². The quantitative estimate of drug-likeness (QED) is 0.763. The van der Waals surface area contributed by atoms with Crippen molar-refractivity contribution in [3.8, 4) is 0 Å². The predicted molar refractivity (Wildman–Crippen MR) is 76.7 cm³/mol. The number of thiazole rings is 1. The van der Waals surface area contributed by atoms with E-state index in [2.05, 4.69) is 44.3 Å². The predicted octanol–water partition coefficient (Wildman–Crippen LogP) is 3.80. The van der Waals surface area contributed by atoms with E-state index in [1.54, 1.807) is 0 Å². The summed E-state index contributed by atoms with van der Waals surface area (Å²) in [4.78, 5) is 5.81. The van der Waals surface area contributed by atoms with Gasteiger partial charge in [0.05, 0.1) is 5.01 Å². The van der Waals surface area contributed by atoms with Gasteiger partial charge < -0.3 is 5.32 Å². The summed E-state index contributed by atoms with van der Waals surface area (Å²) in [5.41, 5.74) is 0.420. The summed E-state index contributed by atoms with van der Waals surface area (Å²) < 4.78 is 0. The van der Waals surface area contributed by atoms with Gasteiger partial charge in [-0.15, -0.1) is 11.3 Å². The molecule has 0 saturated carbocycles. The summed E-state index contributed by atoms with van der Waals surface area (Å²) in [6, 6.07) is 0. The molecule has 0 aliphatic rings. The van der Waals surface area contributed by atoms with Crippen molar-refractivity contribution in [2.75, 3.05) is 13.6 Å². The Morgan fingerprint density at radius 1 is 1.41 bits per heavy atom. The Hall–Kier alpha value is -0.410. The van der Waals surface area contributed by atoms with Crippen LogP contribution in [0.5, 0.6) is 0 Å². The second-order valence-corrected chi connectivity index (χ2v) is 6.33. The van der Waals surface area contributed by atoms with Crippen molar-refractivity contribution in [1.82, 2.24) is 10.3 Å². The third-order valence-corrected chi connectivity index (χ3v) is 4.49. The fourth-order valence-electron chi connectivity index (χ4n) is 2.45. The van der Waals surface area contributed by atoms with Gasteiger partial charge in [0.1, 0.15) is 0 Å². The lowest BCUT2D eigenvalue weighted by atomic mass is 9.77. The normalized spacial score (nSPS) is 14.8. The molecule has 0 saturated heterocycles. The van der Waals surface area contributed by atoms with Crippen molar-refractivity contribution in [3.05, 3.63) is 16.1 Å². The molecule has 0 aliphatic carbocycles. The van der Waals surface area contributed by atoms with E-state index in [0.717, 1.165) is 6.54 Å². The van der Waals surface area contributed by atoms with E-state index in [1.165, 1.54) is 42.0 Å². The third-order valence-electron chi connectivity index (χ3n) is 3.58. The minimum atomic E-state index is 0.420. The maximum Gasteiger partial charge on any atom is 0.0896 e. The van der Waals surface area contributed by atoms with E-state index in [9.17, 15) is 0 Å². The minimum Gasteiger partial charge on any atom is -0.319 e.